The Labute approximate surface area is 172 Å². The van der Waals surface area contributed by atoms with Gasteiger partial charge in [0.1, 0.15) is 11.6 Å². The SMILES string of the molecule is CCCS(=O)(=O)Nc1ccc(Cl)c(Nc2ccc3ncn(C)c(=O)c3c2)c1C#N. The summed E-state index contributed by atoms with van der Waals surface area (Å²) in [6.07, 6.45) is 1.88. The zero-order valence-electron chi connectivity index (χ0n) is 15.7. The topological polar surface area (TPSA) is 117 Å². The first-order chi connectivity index (χ1) is 13.8. The van der Waals surface area contributed by atoms with Gasteiger partial charge < -0.3 is 9.88 Å². The first-order valence-corrected chi connectivity index (χ1v) is 10.7. The van der Waals surface area contributed by atoms with Crippen molar-refractivity contribution in [1.82, 2.24) is 9.55 Å². The smallest absolute Gasteiger partial charge is 0.260 e. The lowest BCUT2D eigenvalue weighted by Crippen LogP contribution is -2.17. The number of aromatic nitrogens is 2. The molecule has 0 bridgehead atoms. The lowest BCUT2D eigenvalue weighted by Gasteiger charge is -2.15. The van der Waals surface area contributed by atoms with E-state index in [0.717, 1.165) is 0 Å². The third kappa shape index (κ3) is 4.34. The van der Waals surface area contributed by atoms with Gasteiger partial charge in [-0.2, -0.15) is 5.26 Å². The predicted octanol–water partition coefficient (Wildman–Crippen LogP) is 3.35. The highest BCUT2D eigenvalue weighted by molar-refractivity contribution is 7.92. The molecule has 0 saturated carbocycles. The molecule has 29 heavy (non-hydrogen) atoms. The first kappa shape index (κ1) is 20.6. The molecule has 2 N–H and O–H groups in total. The molecule has 0 fully saturated rings. The second-order valence-electron chi connectivity index (χ2n) is 6.40. The van der Waals surface area contributed by atoms with Gasteiger partial charge in [0.05, 0.1) is 39.4 Å². The van der Waals surface area contributed by atoms with Crippen LogP contribution in [0.2, 0.25) is 5.02 Å². The van der Waals surface area contributed by atoms with E-state index in [4.69, 9.17) is 11.6 Å². The van der Waals surface area contributed by atoms with Crippen LogP contribution in [0.1, 0.15) is 18.9 Å². The number of fused-ring (bicyclic) bond motifs is 1. The summed E-state index contributed by atoms with van der Waals surface area (Å²) in [5.74, 6) is -0.0653. The van der Waals surface area contributed by atoms with Crippen LogP contribution < -0.4 is 15.6 Å². The average Bonchev–Trinajstić information content (AvgIpc) is 2.67. The highest BCUT2D eigenvalue weighted by atomic mass is 35.5. The summed E-state index contributed by atoms with van der Waals surface area (Å²) < 4.78 is 28.0. The van der Waals surface area contributed by atoms with E-state index in [1.807, 2.05) is 6.07 Å². The number of anilines is 3. The summed E-state index contributed by atoms with van der Waals surface area (Å²) in [5, 5.41) is 13.3. The van der Waals surface area contributed by atoms with E-state index in [1.165, 1.54) is 23.0 Å². The second-order valence-corrected chi connectivity index (χ2v) is 8.64. The zero-order chi connectivity index (χ0) is 21.2. The third-order valence-electron chi connectivity index (χ3n) is 4.19. The quantitative estimate of drug-likeness (QED) is 0.618. The fourth-order valence-corrected chi connectivity index (χ4v) is 4.17. The van der Waals surface area contributed by atoms with Crippen LogP contribution in [0, 0.1) is 11.3 Å². The minimum Gasteiger partial charge on any atom is -0.353 e. The Kier molecular flexibility index (Phi) is 5.77. The summed E-state index contributed by atoms with van der Waals surface area (Å²) in [6, 6.07) is 9.91. The molecule has 0 spiro atoms. The molecule has 0 radical (unpaired) electrons. The highest BCUT2D eigenvalue weighted by Crippen LogP contribution is 2.34. The Morgan fingerprint density at radius 2 is 2.03 bits per heavy atom. The van der Waals surface area contributed by atoms with Crippen molar-refractivity contribution >= 4 is 49.6 Å². The minimum absolute atomic E-state index is 0.0522. The van der Waals surface area contributed by atoms with E-state index in [9.17, 15) is 18.5 Å². The van der Waals surface area contributed by atoms with E-state index in [2.05, 4.69) is 15.0 Å². The molecule has 3 rings (SSSR count). The standard InChI is InChI=1S/C19H18ClN5O3S/c1-3-8-29(27,28)24-17-7-5-15(20)18(14(17)10-21)23-12-4-6-16-13(9-12)19(26)25(2)11-22-16/h4-7,9,11,23-24H,3,8H2,1-2H3. The van der Waals surface area contributed by atoms with Crippen LogP contribution in [-0.2, 0) is 17.1 Å². The van der Waals surface area contributed by atoms with Crippen LogP contribution >= 0.6 is 11.6 Å². The Hall–Kier alpha value is -3.09. The van der Waals surface area contributed by atoms with Crippen molar-refractivity contribution in [1.29, 1.82) is 5.26 Å². The lowest BCUT2D eigenvalue weighted by atomic mass is 10.1. The predicted molar refractivity (Wildman–Crippen MR) is 114 cm³/mol. The third-order valence-corrected chi connectivity index (χ3v) is 5.98. The maximum atomic E-state index is 12.3. The molecule has 0 atom stereocenters. The molecular weight excluding hydrogens is 414 g/mol. The van der Waals surface area contributed by atoms with E-state index < -0.39 is 10.0 Å². The average molecular weight is 432 g/mol. The normalized spacial score (nSPS) is 11.2. The van der Waals surface area contributed by atoms with Gasteiger partial charge in [0, 0.05) is 12.7 Å². The van der Waals surface area contributed by atoms with E-state index in [0.29, 0.717) is 23.0 Å². The maximum Gasteiger partial charge on any atom is 0.260 e. The fraction of sp³-hybridized carbons (Fsp3) is 0.211. The van der Waals surface area contributed by atoms with Crippen LogP contribution in [0.25, 0.3) is 10.9 Å². The van der Waals surface area contributed by atoms with E-state index in [-0.39, 0.29) is 33.3 Å². The molecule has 1 aromatic heterocycles. The number of benzene rings is 2. The van der Waals surface area contributed by atoms with Crippen molar-refractivity contribution < 1.29 is 8.42 Å². The molecule has 8 nitrogen and oxygen atoms in total. The van der Waals surface area contributed by atoms with Crippen LogP contribution in [0.3, 0.4) is 0 Å². The second kappa shape index (κ2) is 8.11. The monoisotopic (exact) mass is 431 g/mol. The number of nitrogens with one attached hydrogen (secondary N) is 2. The van der Waals surface area contributed by atoms with Gasteiger partial charge in [0.15, 0.2) is 0 Å². The van der Waals surface area contributed by atoms with Gasteiger partial charge in [-0.05, 0) is 36.8 Å². The highest BCUT2D eigenvalue weighted by Gasteiger charge is 2.17. The lowest BCUT2D eigenvalue weighted by molar-refractivity contribution is 0.600. The van der Waals surface area contributed by atoms with Crippen LogP contribution in [-0.4, -0.2) is 23.7 Å². The fourth-order valence-electron chi connectivity index (χ4n) is 2.82. The molecule has 0 amide bonds. The van der Waals surface area contributed by atoms with Gasteiger partial charge in [0.2, 0.25) is 10.0 Å². The van der Waals surface area contributed by atoms with E-state index >= 15 is 0 Å². The number of nitrogens with zero attached hydrogens (tertiary/aromatic N) is 3. The Balaban J connectivity index is 2.06. The Bertz CT molecular complexity index is 1300. The Morgan fingerprint density at radius 1 is 1.28 bits per heavy atom. The molecule has 0 unspecified atom stereocenters. The van der Waals surface area contributed by atoms with Crippen LogP contribution in [0.5, 0.6) is 0 Å². The number of hydrogen-bond acceptors (Lipinski definition) is 6. The van der Waals surface area contributed by atoms with Crippen molar-refractivity contribution in [2.24, 2.45) is 7.05 Å². The van der Waals surface area contributed by atoms with Crippen molar-refractivity contribution in [3.8, 4) is 6.07 Å². The molecule has 3 aromatic rings. The van der Waals surface area contributed by atoms with Gasteiger partial charge in [0.25, 0.3) is 5.56 Å². The number of rotatable bonds is 6. The van der Waals surface area contributed by atoms with Crippen molar-refractivity contribution in [3.05, 3.63) is 57.6 Å². The van der Waals surface area contributed by atoms with Gasteiger partial charge in [-0.1, -0.05) is 18.5 Å². The van der Waals surface area contributed by atoms with Crippen molar-refractivity contribution in [2.45, 2.75) is 13.3 Å². The number of hydrogen-bond donors (Lipinski definition) is 2. The number of aryl methyl sites for hydroxylation is 1. The Morgan fingerprint density at radius 3 is 2.72 bits per heavy atom. The zero-order valence-corrected chi connectivity index (χ0v) is 17.3. The maximum absolute atomic E-state index is 12.3. The molecule has 0 aliphatic carbocycles. The molecule has 0 aliphatic heterocycles. The van der Waals surface area contributed by atoms with Gasteiger partial charge in [-0.25, -0.2) is 13.4 Å². The summed E-state index contributed by atoms with van der Waals surface area (Å²) in [4.78, 5) is 16.5. The van der Waals surface area contributed by atoms with Crippen LogP contribution in [0.4, 0.5) is 17.1 Å². The molecule has 0 aliphatic rings. The first-order valence-electron chi connectivity index (χ1n) is 8.71. The molecule has 150 valence electrons. The van der Waals surface area contributed by atoms with Crippen molar-refractivity contribution in [3.63, 3.8) is 0 Å². The molecule has 0 saturated heterocycles. The molecule has 2 aromatic carbocycles. The summed E-state index contributed by atoms with van der Waals surface area (Å²) in [6.45, 7) is 1.75. The van der Waals surface area contributed by atoms with Gasteiger partial charge in [-0.15, -0.1) is 0 Å². The molecule has 1 heterocycles. The summed E-state index contributed by atoms with van der Waals surface area (Å²) >= 11 is 6.27. The molecular formula is C19H18ClN5O3S. The van der Waals surface area contributed by atoms with Gasteiger partial charge in [-0.3, -0.25) is 9.52 Å². The number of sulfonamides is 1. The van der Waals surface area contributed by atoms with Crippen molar-refractivity contribution in [2.75, 3.05) is 15.8 Å². The largest absolute Gasteiger partial charge is 0.353 e. The summed E-state index contributed by atoms with van der Waals surface area (Å²) in [7, 11) is -1.98. The number of halogens is 1. The number of nitriles is 1. The molecule has 10 heteroatoms. The summed E-state index contributed by atoms with van der Waals surface area (Å²) in [5.41, 5.74) is 1.25. The van der Waals surface area contributed by atoms with E-state index in [1.54, 1.807) is 32.2 Å². The van der Waals surface area contributed by atoms with Gasteiger partial charge >= 0.3 is 0 Å². The minimum atomic E-state index is -3.58. The van der Waals surface area contributed by atoms with Crippen LogP contribution in [0.15, 0.2) is 41.5 Å².